The Balaban J connectivity index is 2.13. The molecule has 2 nitrogen and oxygen atoms in total. The van der Waals surface area contributed by atoms with Gasteiger partial charge in [-0.1, -0.05) is 20.3 Å². The van der Waals surface area contributed by atoms with Crippen LogP contribution in [-0.4, -0.2) is 38.1 Å². The van der Waals surface area contributed by atoms with Crippen molar-refractivity contribution in [2.75, 3.05) is 27.2 Å². The molecule has 0 aromatic carbocycles. The van der Waals surface area contributed by atoms with Crippen LogP contribution in [0.25, 0.3) is 0 Å². The van der Waals surface area contributed by atoms with Crippen LogP contribution in [0.2, 0.25) is 0 Å². The molecule has 3 unspecified atom stereocenters. The summed E-state index contributed by atoms with van der Waals surface area (Å²) < 4.78 is 0. The van der Waals surface area contributed by atoms with E-state index in [0.29, 0.717) is 6.04 Å². The van der Waals surface area contributed by atoms with E-state index in [2.05, 4.69) is 38.2 Å². The molecule has 1 aliphatic rings. The van der Waals surface area contributed by atoms with E-state index in [0.717, 1.165) is 11.8 Å². The maximum absolute atomic E-state index is 3.40. The Morgan fingerprint density at radius 1 is 1.50 bits per heavy atom. The summed E-state index contributed by atoms with van der Waals surface area (Å²) >= 11 is 0. The number of hydrogen-bond donors (Lipinski definition) is 1. The highest BCUT2D eigenvalue weighted by Gasteiger charge is 2.33. The maximum atomic E-state index is 3.40. The fourth-order valence-corrected chi connectivity index (χ4v) is 2.18. The standard InChI is InChI=1S/C12H26N2/c1-5-6-12(13-3)9-14(4)8-11-7-10(11)2/h10-13H,5-9H2,1-4H3. The Morgan fingerprint density at radius 3 is 2.57 bits per heavy atom. The average molecular weight is 198 g/mol. The monoisotopic (exact) mass is 198 g/mol. The first kappa shape index (κ1) is 12.0. The van der Waals surface area contributed by atoms with Gasteiger partial charge in [0.25, 0.3) is 0 Å². The molecule has 84 valence electrons. The first-order valence-corrected chi connectivity index (χ1v) is 6.03. The van der Waals surface area contributed by atoms with Crippen molar-refractivity contribution in [2.45, 2.75) is 39.2 Å². The summed E-state index contributed by atoms with van der Waals surface area (Å²) in [4.78, 5) is 2.49. The van der Waals surface area contributed by atoms with Crippen LogP contribution in [0, 0.1) is 11.8 Å². The summed E-state index contributed by atoms with van der Waals surface area (Å²) in [5, 5.41) is 3.40. The lowest BCUT2D eigenvalue weighted by Crippen LogP contribution is -2.38. The lowest BCUT2D eigenvalue weighted by atomic mass is 10.1. The Morgan fingerprint density at radius 2 is 2.14 bits per heavy atom. The van der Waals surface area contributed by atoms with Gasteiger partial charge in [-0.15, -0.1) is 0 Å². The minimum absolute atomic E-state index is 0.680. The minimum Gasteiger partial charge on any atom is -0.316 e. The molecule has 1 N–H and O–H groups in total. The van der Waals surface area contributed by atoms with E-state index in [1.54, 1.807) is 0 Å². The van der Waals surface area contributed by atoms with Gasteiger partial charge in [-0.3, -0.25) is 0 Å². The number of nitrogens with zero attached hydrogens (tertiary/aromatic N) is 1. The molecule has 2 heteroatoms. The average Bonchev–Trinajstić information content (AvgIpc) is 2.80. The van der Waals surface area contributed by atoms with Gasteiger partial charge in [0.1, 0.15) is 0 Å². The molecule has 0 heterocycles. The molecule has 0 radical (unpaired) electrons. The van der Waals surface area contributed by atoms with Crippen LogP contribution in [0.3, 0.4) is 0 Å². The summed E-state index contributed by atoms with van der Waals surface area (Å²) in [6.45, 7) is 7.12. The Labute approximate surface area is 89.1 Å². The van der Waals surface area contributed by atoms with Gasteiger partial charge in [0.15, 0.2) is 0 Å². The zero-order chi connectivity index (χ0) is 10.6. The lowest BCUT2D eigenvalue weighted by molar-refractivity contribution is 0.273. The van der Waals surface area contributed by atoms with Crippen molar-refractivity contribution in [3.8, 4) is 0 Å². The van der Waals surface area contributed by atoms with Crippen LogP contribution in [0.5, 0.6) is 0 Å². The maximum Gasteiger partial charge on any atom is 0.0191 e. The van der Waals surface area contributed by atoms with Gasteiger partial charge < -0.3 is 10.2 Å². The summed E-state index contributed by atoms with van der Waals surface area (Å²) in [6, 6.07) is 0.680. The van der Waals surface area contributed by atoms with Crippen LogP contribution >= 0.6 is 0 Å². The third-order valence-corrected chi connectivity index (χ3v) is 3.40. The molecule has 1 rings (SSSR count). The molecular formula is C12H26N2. The van der Waals surface area contributed by atoms with Gasteiger partial charge in [0, 0.05) is 19.1 Å². The summed E-state index contributed by atoms with van der Waals surface area (Å²) in [7, 11) is 4.33. The smallest absolute Gasteiger partial charge is 0.0191 e. The summed E-state index contributed by atoms with van der Waals surface area (Å²) in [5.41, 5.74) is 0. The molecule has 0 aromatic rings. The van der Waals surface area contributed by atoms with E-state index < -0.39 is 0 Å². The Hall–Kier alpha value is -0.0800. The van der Waals surface area contributed by atoms with Crippen molar-refractivity contribution in [1.82, 2.24) is 10.2 Å². The Kier molecular flexibility index (Phi) is 4.90. The van der Waals surface area contributed by atoms with Crippen LogP contribution in [0.4, 0.5) is 0 Å². The normalized spacial score (nSPS) is 28.1. The molecule has 3 atom stereocenters. The molecule has 0 saturated heterocycles. The SMILES string of the molecule is CCCC(CN(C)CC1CC1C)NC. The minimum atomic E-state index is 0.680. The highest BCUT2D eigenvalue weighted by atomic mass is 15.1. The van der Waals surface area contributed by atoms with E-state index in [4.69, 9.17) is 0 Å². The zero-order valence-corrected chi connectivity index (χ0v) is 10.2. The topological polar surface area (TPSA) is 15.3 Å². The van der Waals surface area contributed by atoms with Gasteiger partial charge in [-0.25, -0.2) is 0 Å². The first-order valence-electron chi connectivity index (χ1n) is 6.03. The van der Waals surface area contributed by atoms with Crippen molar-refractivity contribution in [2.24, 2.45) is 11.8 Å². The van der Waals surface area contributed by atoms with Gasteiger partial charge in [-0.2, -0.15) is 0 Å². The second-order valence-electron chi connectivity index (χ2n) is 4.97. The molecule has 14 heavy (non-hydrogen) atoms. The van der Waals surface area contributed by atoms with E-state index in [1.807, 2.05) is 0 Å². The molecule has 1 fully saturated rings. The predicted molar refractivity (Wildman–Crippen MR) is 62.5 cm³/mol. The van der Waals surface area contributed by atoms with Crippen LogP contribution in [-0.2, 0) is 0 Å². The molecule has 0 aromatic heterocycles. The largest absolute Gasteiger partial charge is 0.316 e. The summed E-state index contributed by atoms with van der Waals surface area (Å²) in [6.07, 6.45) is 4.02. The van der Waals surface area contributed by atoms with Gasteiger partial charge in [0.2, 0.25) is 0 Å². The van der Waals surface area contributed by atoms with E-state index in [9.17, 15) is 0 Å². The van der Waals surface area contributed by atoms with E-state index >= 15 is 0 Å². The van der Waals surface area contributed by atoms with Crippen molar-refractivity contribution in [3.05, 3.63) is 0 Å². The summed E-state index contributed by atoms with van der Waals surface area (Å²) in [5.74, 6) is 1.97. The van der Waals surface area contributed by atoms with Gasteiger partial charge in [-0.05, 0) is 38.8 Å². The van der Waals surface area contributed by atoms with Crippen molar-refractivity contribution < 1.29 is 0 Å². The first-order chi connectivity index (χ1) is 6.67. The second-order valence-corrected chi connectivity index (χ2v) is 4.97. The molecule has 1 saturated carbocycles. The number of hydrogen-bond acceptors (Lipinski definition) is 2. The van der Waals surface area contributed by atoms with E-state index in [1.165, 1.54) is 32.4 Å². The molecule has 0 aliphatic heterocycles. The third-order valence-electron chi connectivity index (χ3n) is 3.40. The third kappa shape index (κ3) is 3.97. The molecule has 1 aliphatic carbocycles. The molecular weight excluding hydrogens is 172 g/mol. The predicted octanol–water partition coefficient (Wildman–Crippen LogP) is 1.96. The van der Waals surface area contributed by atoms with Crippen LogP contribution in [0.15, 0.2) is 0 Å². The molecule has 0 amide bonds. The van der Waals surface area contributed by atoms with Crippen molar-refractivity contribution in [1.29, 1.82) is 0 Å². The highest BCUT2D eigenvalue weighted by molar-refractivity contribution is 4.85. The number of nitrogens with one attached hydrogen (secondary N) is 1. The van der Waals surface area contributed by atoms with Gasteiger partial charge >= 0.3 is 0 Å². The fourth-order valence-electron chi connectivity index (χ4n) is 2.18. The molecule has 0 spiro atoms. The lowest BCUT2D eigenvalue weighted by Gasteiger charge is -2.23. The van der Waals surface area contributed by atoms with Gasteiger partial charge in [0.05, 0.1) is 0 Å². The van der Waals surface area contributed by atoms with Crippen molar-refractivity contribution >= 4 is 0 Å². The quantitative estimate of drug-likeness (QED) is 0.673. The van der Waals surface area contributed by atoms with E-state index in [-0.39, 0.29) is 0 Å². The second kappa shape index (κ2) is 5.72. The highest BCUT2D eigenvalue weighted by Crippen LogP contribution is 2.37. The van der Waals surface area contributed by atoms with Crippen LogP contribution < -0.4 is 5.32 Å². The number of rotatable bonds is 7. The number of likely N-dealkylation sites (N-methyl/N-ethyl adjacent to an activating group) is 2. The Bertz CT molecular complexity index is 158. The van der Waals surface area contributed by atoms with Crippen LogP contribution in [0.1, 0.15) is 33.1 Å². The van der Waals surface area contributed by atoms with Crippen molar-refractivity contribution in [3.63, 3.8) is 0 Å². The molecule has 0 bridgehead atoms. The fraction of sp³-hybridized carbons (Fsp3) is 1.00. The zero-order valence-electron chi connectivity index (χ0n) is 10.2.